The van der Waals surface area contributed by atoms with Gasteiger partial charge in [-0.1, -0.05) is 6.07 Å². The maximum atomic E-state index is 12.1. The van der Waals surface area contributed by atoms with Gasteiger partial charge in [-0.15, -0.1) is 0 Å². The second-order valence-electron chi connectivity index (χ2n) is 5.12. The van der Waals surface area contributed by atoms with E-state index >= 15 is 0 Å². The number of anilines is 2. The fourth-order valence-electron chi connectivity index (χ4n) is 2.15. The van der Waals surface area contributed by atoms with Crippen LogP contribution in [0.1, 0.15) is 5.56 Å². The SMILES string of the molecule is Cc1ccc(NC(=O)C2CNC(=O)CN2)cc1N(C)C. The Hall–Kier alpha value is -2.08. The number of nitrogens with one attached hydrogen (secondary N) is 3. The molecule has 0 aliphatic carbocycles. The second-order valence-corrected chi connectivity index (χ2v) is 5.12. The third kappa shape index (κ3) is 3.27. The van der Waals surface area contributed by atoms with Crippen LogP contribution in [0.2, 0.25) is 0 Å². The summed E-state index contributed by atoms with van der Waals surface area (Å²) in [5, 5.41) is 8.44. The average Bonchev–Trinajstić information content (AvgIpc) is 2.41. The Morgan fingerprint density at radius 1 is 1.40 bits per heavy atom. The lowest BCUT2D eigenvalue weighted by atomic mass is 10.1. The summed E-state index contributed by atoms with van der Waals surface area (Å²) < 4.78 is 0. The third-order valence-corrected chi connectivity index (χ3v) is 3.29. The van der Waals surface area contributed by atoms with Crippen LogP contribution in [0.15, 0.2) is 18.2 Å². The fraction of sp³-hybridized carbons (Fsp3) is 0.429. The van der Waals surface area contributed by atoms with Gasteiger partial charge in [0.2, 0.25) is 11.8 Å². The molecule has 20 heavy (non-hydrogen) atoms. The fourth-order valence-corrected chi connectivity index (χ4v) is 2.15. The number of carbonyl (C=O) groups excluding carboxylic acids is 2. The molecule has 108 valence electrons. The predicted octanol–water partition coefficient (Wildman–Crippen LogP) is 0.0875. The summed E-state index contributed by atoms with van der Waals surface area (Å²) in [5.74, 6) is -0.224. The van der Waals surface area contributed by atoms with Crippen molar-refractivity contribution in [2.24, 2.45) is 0 Å². The molecule has 1 unspecified atom stereocenters. The summed E-state index contributed by atoms with van der Waals surface area (Å²) in [6.07, 6.45) is 0. The van der Waals surface area contributed by atoms with E-state index in [1.54, 1.807) is 0 Å². The van der Waals surface area contributed by atoms with Crippen molar-refractivity contribution in [1.29, 1.82) is 0 Å². The topological polar surface area (TPSA) is 73.5 Å². The van der Waals surface area contributed by atoms with Crippen LogP contribution in [0, 0.1) is 6.92 Å². The molecular formula is C14H20N4O2. The summed E-state index contributed by atoms with van der Waals surface area (Å²) in [7, 11) is 3.93. The van der Waals surface area contributed by atoms with Crippen molar-refractivity contribution in [3.8, 4) is 0 Å². The van der Waals surface area contributed by atoms with Crippen molar-refractivity contribution in [1.82, 2.24) is 10.6 Å². The highest BCUT2D eigenvalue weighted by molar-refractivity contribution is 5.97. The van der Waals surface area contributed by atoms with E-state index in [0.717, 1.165) is 16.9 Å². The van der Waals surface area contributed by atoms with Crippen LogP contribution in [0.25, 0.3) is 0 Å². The number of nitrogens with zero attached hydrogens (tertiary/aromatic N) is 1. The molecule has 1 fully saturated rings. The molecule has 3 N–H and O–H groups in total. The van der Waals surface area contributed by atoms with E-state index in [-0.39, 0.29) is 18.4 Å². The number of amides is 2. The molecule has 0 radical (unpaired) electrons. The Labute approximate surface area is 118 Å². The minimum Gasteiger partial charge on any atom is -0.377 e. The van der Waals surface area contributed by atoms with Crippen LogP contribution in [-0.2, 0) is 9.59 Å². The first-order valence-electron chi connectivity index (χ1n) is 6.56. The molecule has 0 spiro atoms. The first-order valence-corrected chi connectivity index (χ1v) is 6.56. The number of piperazine rings is 1. The summed E-state index contributed by atoms with van der Waals surface area (Å²) in [4.78, 5) is 25.1. The van der Waals surface area contributed by atoms with Gasteiger partial charge in [0.15, 0.2) is 0 Å². The van der Waals surface area contributed by atoms with Crippen LogP contribution in [0.5, 0.6) is 0 Å². The smallest absolute Gasteiger partial charge is 0.243 e. The lowest BCUT2D eigenvalue weighted by Gasteiger charge is -2.23. The molecule has 1 atom stereocenters. The summed E-state index contributed by atoms with van der Waals surface area (Å²) in [6.45, 7) is 2.52. The zero-order valence-corrected chi connectivity index (χ0v) is 12.0. The lowest BCUT2D eigenvalue weighted by molar-refractivity contribution is -0.124. The Kier molecular flexibility index (Phi) is 4.24. The van der Waals surface area contributed by atoms with E-state index in [9.17, 15) is 9.59 Å². The highest BCUT2D eigenvalue weighted by Crippen LogP contribution is 2.22. The van der Waals surface area contributed by atoms with Gasteiger partial charge in [-0.3, -0.25) is 14.9 Å². The van der Waals surface area contributed by atoms with Crippen LogP contribution in [0.3, 0.4) is 0 Å². The van der Waals surface area contributed by atoms with Crippen LogP contribution in [0.4, 0.5) is 11.4 Å². The van der Waals surface area contributed by atoms with Gasteiger partial charge in [-0.05, 0) is 24.6 Å². The molecule has 6 heteroatoms. The van der Waals surface area contributed by atoms with E-state index < -0.39 is 6.04 Å². The molecule has 1 heterocycles. The maximum absolute atomic E-state index is 12.1. The largest absolute Gasteiger partial charge is 0.377 e. The first-order chi connectivity index (χ1) is 9.47. The Morgan fingerprint density at radius 3 is 2.75 bits per heavy atom. The number of rotatable bonds is 3. The Balaban J connectivity index is 2.04. The predicted molar refractivity (Wildman–Crippen MR) is 78.9 cm³/mol. The van der Waals surface area contributed by atoms with Crippen LogP contribution in [-0.4, -0.2) is 45.0 Å². The minimum atomic E-state index is -0.392. The molecule has 2 amide bonds. The number of benzene rings is 1. The molecule has 1 aliphatic heterocycles. The van der Waals surface area contributed by atoms with Gasteiger partial charge < -0.3 is 15.5 Å². The number of hydrogen-bond acceptors (Lipinski definition) is 4. The molecular weight excluding hydrogens is 256 g/mol. The molecule has 1 aliphatic rings. The van der Waals surface area contributed by atoms with E-state index in [1.165, 1.54) is 0 Å². The standard InChI is InChI=1S/C14H20N4O2/c1-9-4-5-10(6-12(9)18(2)3)17-14(20)11-7-16-13(19)8-15-11/h4-6,11,15H,7-8H2,1-3H3,(H,16,19)(H,17,20). The van der Waals surface area contributed by atoms with Crippen molar-refractivity contribution < 1.29 is 9.59 Å². The van der Waals surface area contributed by atoms with Gasteiger partial charge in [0, 0.05) is 32.0 Å². The van der Waals surface area contributed by atoms with Crippen molar-refractivity contribution >= 4 is 23.2 Å². The number of carbonyl (C=O) groups is 2. The number of aryl methyl sites for hydroxylation is 1. The van der Waals surface area contributed by atoms with Gasteiger partial charge >= 0.3 is 0 Å². The van der Waals surface area contributed by atoms with Gasteiger partial charge in [-0.25, -0.2) is 0 Å². The average molecular weight is 276 g/mol. The molecule has 0 saturated carbocycles. The normalized spacial score (nSPS) is 18.4. The van der Waals surface area contributed by atoms with Crippen molar-refractivity contribution in [3.05, 3.63) is 23.8 Å². The van der Waals surface area contributed by atoms with Crippen molar-refractivity contribution in [2.45, 2.75) is 13.0 Å². The minimum absolute atomic E-state index is 0.0840. The van der Waals surface area contributed by atoms with Gasteiger partial charge in [0.25, 0.3) is 0 Å². The molecule has 1 aromatic carbocycles. The van der Waals surface area contributed by atoms with E-state index in [0.29, 0.717) is 6.54 Å². The molecule has 1 aromatic rings. The zero-order chi connectivity index (χ0) is 14.7. The third-order valence-electron chi connectivity index (χ3n) is 3.29. The Morgan fingerprint density at radius 2 is 2.15 bits per heavy atom. The first kappa shape index (κ1) is 14.3. The van der Waals surface area contributed by atoms with E-state index in [4.69, 9.17) is 0 Å². The summed E-state index contributed by atoms with van der Waals surface area (Å²) in [6, 6.07) is 5.40. The second kappa shape index (κ2) is 5.92. The van der Waals surface area contributed by atoms with Crippen LogP contribution < -0.4 is 20.9 Å². The highest BCUT2D eigenvalue weighted by Gasteiger charge is 2.23. The van der Waals surface area contributed by atoms with Crippen molar-refractivity contribution in [3.63, 3.8) is 0 Å². The Bertz CT molecular complexity index is 518. The van der Waals surface area contributed by atoms with Gasteiger partial charge in [0.1, 0.15) is 6.04 Å². The zero-order valence-electron chi connectivity index (χ0n) is 12.0. The lowest BCUT2D eigenvalue weighted by Crippen LogP contribution is -2.56. The van der Waals surface area contributed by atoms with E-state index in [2.05, 4.69) is 16.0 Å². The molecule has 0 bridgehead atoms. The summed E-state index contributed by atoms with van der Waals surface area (Å²) >= 11 is 0. The molecule has 0 aromatic heterocycles. The maximum Gasteiger partial charge on any atom is 0.243 e. The van der Waals surface area contributed by atoms with E-state index in [1.807, 2.05) is 44.1 Å². The molecule has 1 saturated heterocycles. The molecule has 2 rings (SSSR count). The monoisotopic (exact) mass is 276 g/mol. The molecule has 6 nitrogen and oxygen atoms in total. The van der Waals surface area contributed by atoms with Gasteiger partial charge in [-0.2, -0.15) is 0 Å². The van der Waals surface area contributed by atoms with Crippen LogP contribution >= 0.6 is 0 Å². The quantitative estimate of drug-likeness (QED) is 0.731. The van der Waals surface area contributed by atoms with Gasteiger partial charge in [0.05, 0.1) is 6.54 Å². The number of hydrogen-bond donors (Lipinski definition) is 3. The summed E-state index contributed by atoms with van der Waals surface area (Å²) in [5.41, 5.74) is 2.96. The highest BCUT2D eigenvalue weighted by atomic mass is 16.2. The van der Waals surface area contributed by atoms with Crippen molar-refractivity contribution in [2.75, 3.05) is 37.4 Å².